The van der Waals surface area contributed by atoms with E-state index in [-0.39, 0.29) is 28.7 Å². The molecule has 2 amide bonds. The highest BCUT2D eigenvalue weighted by atomic mass is 32.2. The van der Waals surface area contributed by atoms with Crippen molar-refractivity contribution in [2.24, 2.45) is 0 Å². The largest absolute Gasteiger partial charge is 0.352 e. The molecule has 0 fully saturated rings. The summed E-state index contributed by atoms with van der Waals surface area (Å²) in [5.74, 6) is -2.32. The molecule has 0 aliphatic carbocycles. The van der Waals surface area contributed by atoms with E-state index in [9.17, 15) is 26.8 Å². The highest BCUT2D eigenvalue weighted by Gasteiger charge is 2.33. The third kappa shape index (κ3) is 7.41. The predicted molar refractivity (Wildman–Crippen MR) is 146 cm³/mol. The molecule has 0 aliphatic rings. The number of nitrogens with one attached hydrogen (secondary N) is 1. The van der Waals surface area contributed by atoms with Gasteiger partial charge in [0, 0.05) is 18.2 Å². The number of halogens is 2. The molecule has 0 spiro atoms. The molecule has 0 radical (unpaired) electrons. The van der Waals surface area contributed by atoms with Gasteiger partial charge in [0.05, 0.1) is 10.6 Å². The molecule has 2 unspecified atom stereocenters. The highest BCUT2D eigenvalue weighted by Crippen LogP contribution is 2.25. The molecule has 0 aliphatic heterocycles. The summed E-state index contributed by atoms with van der Waals surface area (Å²) in [5.41, 5.74) is 1.26. The van der Waals surface area contributed by atoms with Gasteiger partial charge < -0.3 is 10.2 Å². The fourth-order valence-corrected chi connectivity index (χ4v) is 5.25. The zero-order valence-electron chi connectivity index (χ0n) is 22.4. The van der Waals surface area contributed by atoms with Gasteiger partial charge in [0.15, 0.2) is 0 Å². The van der Waals surface area contributed by atoms with Gasteiger partial charge in [-0.15, -0.1) is 0 Å². The summed E-state index contributed by atoms with van der Waals surface area (Å²) >= 11 is 0. The van der Waals surface area contributed by atoms with E-state index in [1.165, 1.54) is 25.1 Å². The lowest BCUT2D eigenvalue weighted by molar-refractivity contribution is -0.139. The van der Waals surface area contributed by atoms with E-state index in [0.29, 0.717) is 6.42 Å². The van der Waals surface area contributed by atoms with Gasteiger partial charge in [-0.05, 0) is 69.7 Å². The minimum Gasteiger partial charge on any atom is -0.352 e. The Hall–Kier alpha value is -3.79. The SMILES string of the molecule is CCC(C)NC(=O)C(C)N(Cc1ccccc1F)C(=O)CN(c1ccc(C)cc1)S(=O)(=O)c1ccc(F)cc1. The molecule has 0 saturated carbocycles. The molecule has 2 atom stereocenters. The number of amides is 2. The molecule has 208 valence electrons. The van der Waals surface area contributed by atoms with Crippen molar-refractivity contribution in [3.8, 4) is 0 Å². The van der Waals surface area contributed by atoms with Gasteiger partial charge in [-0.2, -0.15) is 0 Å². The van der Waals surface area contributed by atoms with Crippen molar-refractivity contribution in [1.29, 1.82) is 0 Å². The highest BCUT2D eigenvalue weighted by molar-refractivity contribution is 7.92. The van der Waals surface area contributed by atoms with Gasteiger partial charge in [-0.25, -0.2) is 17.2 Å². The second-order valence-corrected chi connectivity index (χ2v) is 11.3. The molecule has 1 N–H and O–H groups in total. The van der Waals surface area contributed by atoms with Gasteiger partial charge in [0.25, 0.3) is 10.0 Å². The maximum atomic E-state index is 14.6. The number of hydrogen-bond donors (Lipinski definition) is 1. The van der Waals surface area contributed by atoms with Crippen LogP contribution in [0.15, 0.2) is 77.7 Å². The number of nitrogens with zero attached hydrogens (tertiary/aromatic N) is 2. The van der Waals surface area contributed by atoms with Crippen molar-refractivity contribution in [1.82, 2.24) is 10.2 Å². The van der Waals surface area contributed by atoms with Crippen LogP contribution in [0.5, 0.6) is 0 Å². The minimum absolute atomic E-state index is 0.159. The van der Waals surface area contributed by atoms with Gasteiger partial charge in [-0.3, -0.25) is 13.9 Å². The van der Waals surface area contributed by atoms with Crippen LogP contribution in [0, 0.1) is 18.6 Å². The Morgan fingerprint density at radius 2 is 1.54 bits per heavy atom. The zero-order chi connectivity index (χ0) is 28.7. The lowest BCUT2D eigenvalue weighted by Crippen LogP contribution is -2.52. The van der Waals surface area contributed by atoms with Crippen molar-refractivity contribution < 1.29 is 26.8 Å². The molecule has 39 heavy (non-hydrogen) atoms. The molecule has 0 saturated heterocycles. The quantitative estimate of drug-likeness (QED) is 0.367. The first-order valence-electron chi connectivity index (χ1n) is 12.6. The summed E-state index contributed by atoms with van der Waals surface area (Å²) in [6, 6.07) is 15.5. The van der Waals surface area contributed by atoms with E-state index in [0.717, 1.165) is 39.0 Å². The Bertz CT molecular complexity index is 1400. The van der Waals surface area contributed by atoms with Crippen LogP contribution in [-0.4, -0.2) is 43.8 Å². The summed E-state index contributed by atoms with van der Waals surface area (Å²) in [4.78, 5) is 27.8. The fraction of sp³-hybridized carbons (Fsp3) is 0.310. The molecular weight excluding hydrogens is 524 g/mol. The zero-order valence-corrected chi connectivity index (χ0v) is 23.2. The standard InChI is InChI=1S/C29H33F2N3O4S/c1-5-21(3)32-29(36)22(4)33(18-23-8-6-7-9-27(23)31)28(35)19-34(25-14-10-20(2)11-15-25)39(37,38)26-16-12-24(30)13-17-26/h6-17,21-22H,5,18-19H2,1-4H3,(H,32,36). The number of rotatable bonds is 11. The molecule has 0 heterocycles. The molecule has 3 aromatic carbocycles. The Kier molecular flexibility index (Phi) is 9.80. The molecule has 7 nitrogen and oxygen atoms in total. The van der Waals surface area contributed by atoms with Crippen LogP contribution < -0.4 is 9.62 Å². The average molecular weight is 558 g/mol. The second kappa shape index (κ2) is 12.8. The van der Waals surface area contributed by atoms with Crippen LogP contribution in [0.1, 0.15) is 38.3 Å². The number of aryl methyl sites for hydroxylation is 1. The number of carbonyl (C=O) groups excluding carboxylic acids is 2. The Morgan fingerprint density at radius 1 is 0.923 bits per heavy atom. The van der Waals surface area contributed by atoms with Crippen LogP contribution in [0.3, 0.4) is 0 Å². The first-order valence-corrected chi connectivity index (χ1v) is 14.1. The minimum atomic E-state index is -4.32. The van der Waals surface area contributed by atoms with Crippen molar-refractivity contribution in [3.05, 3.63) is 95.6 Å². The number of hydrogen-bond acceptors (Lipinski definition) is 4. The predicted octanol–water partition coefficient (Wildman–Crippen LogP) is 4.80. The molecule has 3 rings (SSSR count). The van der Waals surface area contributed by atoms with E-state index in [1.807, 2.05) is 20.8 Å². The van der Waals surface area contributed by atoms with Crippen LogP contribution in [-0.2, 0) is 26.2 Å². The maximum Gasteiger partial charge on any atom is 0.264 e. The lowest BCUT2D eigenvalue weighted by Gasteiger charge is -2.32. The van der Waals surface area contributed by atoms with Crippen molar-refractivity contribution in [3.63, 3.8) is 0 Å². The fourth-order valence-electron chi connectivity index (χ4n) is 3.83. The van der Waals surface area contributed by atoms with E-state index in [1.54, 1.807) is 30.3 Å². The molecular formula is C29H33F2N3O4S. The van der Waals surface area contributed by atoms with Crippen LogP contribution >= 0.6 is 0 Å². The summed E-state index contributed by atoms with van der Waals surface area (Å²) in [6.45, 7) is 6.15. The smallest absolute Gasteiger partial charge is 0.264 e. The Morgan fingerprint density at radius 3 is 2.13 bits per heavy atom. The van der Waals surface area contributed by atoms with Crippen LogP contribution in [0.25, 0.3) is 0 Å². The summed E-state index contributed by atoms with van der Waals surface area (Å²) in [5, 5.41) is 2.82. The average Bonchev–Trinajstić information content (AvgIpc) is 2.91. The Balaban J connectivity index is 2.03. The Labute approximate surface area is 228 Å². The van der Waals surface area contributed by atoms with Gasteiger partial charge in [0.1, 0.15) is 24.2 Å². The second-order valence-electron chi connectivity index (χ2n) is 9.41. The van der Waals surface area contributed by atoms with Crippen molar-refractivity contribution in [2.45, 2.75) is 57.6 Å². The number of sulfonamides is 1. The van der Waals surface area contributed by atoms with E-state index in [4.69, 9.17) is 0 Å². The van der Waals surface area contributed by atoms with Crippen molar-refractivity contribution in [2.75, 3.05) is 10.8 Å². The van der Waals surface area contributed by atoms with Gasteiger partial charge >= 0.3 is 0 Å². The van der Waals surface area contributed by atoms with E-state index < -0.39 is 46.1 Å². The third-order valence-corrected chi connectivity index (χ3v) is 8.26. The molecule has 3 aromatic rings. The molecule has 0 aromatic heterocycles. The van der Waals surface area contributed by atoms with E-state index in [2.05, 4.69) is 5.32 Å². The van der Waals surface area contributed by atoms with Gasteiger partial charge in [0.2, 0.25) is 11.8 Å². The van der Waals surface area contributed by atoms with Crippen LogP contribution in [0.4, 0.5) is 14.5 Å². The first kappa shape index (κ1) is 29.8. The summed E-state index contributed by atoms with van der Waals surface area (Å²) < 4.78 is 56.4. The molecule has 10 heteroatoms. The summed E-state index contributed by atoms with van der Waals surface area (Å²) in [6.07, 6.45) is 0.664. The van der Waals surface area contributed by atoms with E-state index >= 15 is 0 Å². The van der Waals surface area contributed by atoms with Crippen LogP contribution in [0.2, 0.25) is 0 Å². The summed E-state index contributed by atoms with van der Waals surface area (Å²) in [7, 11) is -4.32. The number of carbonyl (C=O) groups is 2. The third-order valence-electron chi connectivity index (χ3n) is 6.47. The number of anilines is 1. The lowest BCUT2D eigenvalue weighted by atomic mass is 10.1. The number of benzene rings is 3. The normalized spacial score (nSPS) is 12.9. The monoisotopic (exact) mass is 557 g/mol. The van der Waals surface area contributed by atoms with Gasteiger partial charge in [-0.1, -0.05) is 42.8 Å². The molecule has 0 bridgehead atoms. The van der Waals surface area contributed by atoms with Crippen molar-refractivity contribution >= 4 is 27.5 Å². The first-order chi connectivity index (χ1) is 18.4. The maximum absolute atomic E-state index is 14.6. The topological polar surface area (TPSA) is 86.8 Å².